The van der Waals surface area contributed by atoms with Gasteiger partial charge < -0.3 is 4.42 Å². The zero-order chi connectivity index (χ0) is 34.8. The van der Waals surface area contributed by atoms with Gasteiger partial charge in [0.25, 0.3) is 0 Å². The van der Waals surface area contributed by atoms with Crippen LogP contribution in [0.3, 0.4) is 0 Å². The zero-order valence-corrected chi connectivity index (χ0v) is 28.8. The Morgan fingerprint density at radius 2 is 0.923 bits per heavy atom. The van der Waals surface area contributed by atoms with Crippen LogP contribution in [-0.4, -0.2) is 15.0 Å². The van der Waals surface area contributed by atoms with Gasteiger partial charge in [-0.25, -0.2) is 15.0 Å². The summed E-state index contributed by atoms with van der Waals surface area (Å²) in [6.07, 6.45) is 0. The van der Waals surface area contributed by atoms with Gasteiger partial charge in [-0.05, 0) is 69.3 Å². The number of furan rings is 1. The third kappa shape index (κ3) is 4.87. The van der Waals surface area contributed by atoms with Gasteiger partial charge in [0.15, 0.2) is 17.5 Å². The maximum absolute atomic E-state index is 6.53. The van der Waals surface area contributed by atoms with Crippen molar-refractivity contribution in [1.29, 1.82) is 0 Å². The molecule has 0 saturated heterocycles. The molecule has 0 amide bonds. The number of rotatable bonds is 5. The molecule has 9 aromatic rings. The van der Waals surface area contributed by atoms with Gasteiger partial charge in [-0.1, -0.05) is 147 Å². The van der Waals surface area contributed by atoms with Crippen LogP contribution < -0.4 is 0 Å². The predicted octanol–water partition coefficient (Wildman–Crippen LogP) is 12.4. The van der Waals surface area contributed by atoms with Crippen LogP contribution in [0.25, 0.3) is 89.5 Å². The summed E-state index contributed by atoms with van der Waals surface area (Å²) in [5.41, 5.74) is 14.3. The lowest BCUT2D eigenvalue weighted by Crippen LogP contribution is -2.15. The second-order valence-corrected chi connectivity index (χ2v) is 14.0. The summed E-state index contributed by atoms with van der Waals surface area (Å²) in [5, 5.41) is 2.34. The first kappa shape index (κ1) is 30.2. The fourth-order valence-corrected chi connectivity index (χ4v) is 7.91. The van der Waals surface area contributed by atoms with Gasteiger partial charge in [-0.15, -0.1) is 0 Å². The van der Waals surface area contributed by atoms with Crippen molar-refractivity contribution in [3.05, 3.63) is 175 Å². The quantitative estimate of drug-likeness (QED) is 0.183. The summed E-state index contributed by atoms with van der Waals surface area (Å²) in [6, 6.07) is 57.2. The molecule has 4 nitrogen and oxygen atoms in total. The van der Waals surface area contributed by atoms with E-state index in [1.54, 1.807) is 0 Å². The van der Waals surface area contributed by atoms with Crippen LogP contribution in [0.5, 0.6) is 0 Å². The lowest BCUT2D eigenvalue weighted by atomic mass is 9.81. The molecule has 10 rings (SSSR count). The molecule has 0 atom stereocenters. The number of hydrogen-bond donors (Lipinski definition) is 0. The fourth-order valence-electron chi connectivity index (χ4n) is 7.91. The molecule has 2 aromatic heterocycles. The van der Waals surface area contributed by atoms with E-state index in [9.17, 15) is 0 Å². The summed E-state index contributed by atoms with van der Waals surface area (Å²) in [4.78, 5) is 14.8. The SMILES string of the molecule is CC1(C)c2ccc(-c3cccc(-c4cccc(-c5nc(-c6ccccc6)nc(-c6ccccc6)n5)c4)c3)cc2-c2ccc3c(oc4ccccc43)c21. The van der Waals surface area contributed by atoms with Gasteiger partial charge in [0.1, 0.15) is 11.2 Å². The van der Waals surface area contributed by atoms with E-state index < -0.39 is 0 Å². The Balaban J connectivity index is 1.04. The van der Waals surface area contributed by atoms with E-state index in [0.717, 1.165) is 44.4 Å². The zero-order valence-electron chi connectivity index (χ0n) is 28.8. The van der Waals surface area contributed by atoms with Crippen molar-refractivity contribution < 1.29 is 4.42 Å². The maximum Gasteiger partial charge on any atom is 0.164 e. The minimum atomic E-state index is -0.186. The molecule has 246 valence electrons. The van der Waals surface area contributed by atoms with E-state index in [0.29, 0.717) is 17.5 Å². The fraction of sp³-hybridized carbons (Fsp3) is 0.0625. The number of aromatic nitrogens is 3. The summed E-state index contributed by atoms with van der Waals surface area (Å²) in [5.74, 6) is 1.95. The monoisotopic (exact) mass is 667 g/mol. The number of nitrogens with zero attached hydrogens (tertiary/aromatic N) is 3. The van der Waals surface area contributed by atoms with Crippen molar-refractivity contribution >= 4 is 21.9 Å². The van der Waals surface area contributed by atoms with Crippen LogP contribution in [0.1, 0.15) is 25.0 Å². The van der Waals surface area contributed by atoms with E-state index in [1.807, 2.05) is 66.7 Å². The number of benzene rings is 7. The molecule has 0 N–H and O–H groups in total. The smallest absolute Gasteiger partial charge is 0.164 e. The van der Waals surface area contributed by atoms with Crippen LogP contribution in [0.15, 0.2) is 168 Å². The van der Waals surface area contributed by atoms with E-state index in [-0.39, 0.29) is 5.41 Å². The van der Waals surface area contributed by atoms with Crippen molar-refractivity contribution in [2.24, 2.45) is 0 Å². The average Bonchev–Trinajstić information content (AvgIpc) is 3.70. The van der Waals surface area contributed by atoms with Crippen LogP contribution in [0.4, 0.5) is 0 Å². The van der Waals surface area contributed by atoms with Crippen LogP contribution in [0.2, 0.25) is 0 Å². The third-order valence-electron chi connectivity index (χ3n) is 10.5. The van der Waals surface area contributed by atoms with Gasteiger partial charge in [0.05, 0.1) is 0 Å². The van der Waals surface area contributed by atoms with E-state index in [4.69, 9.17) is 19.4 Å². The Morgan fingerprint density at radius 1 is 0.404 bits per heavy atom. The van der Waals surface area contributed by atoms with Crippen molar-refractivity contribution in [2.45, 2.75) is 19.3 Å². The van der Waals surface area contributed by atoms with Gasteiger partial charge in [0.2, 0.25) is 0 Å². The number of fused-ring (bicyclic) bond motifs is 7. The Labute approximate surface area is 302 Å². The first-order valence-corrected chi connectivity index (χ1v) is 17.7. The van der Waals surface area contributed by atoms with E-state index in [2.05, 4.69) is 111 Å². The molecular weight excluding hydrogens is 635 g/mol. The summed E-state index contributed by atoms with van der Waals surface area (Å²) >= 11 is 0. The Hall–Kier alpha value is -6.65. The first-order chi connectivity index (χ1) is 25.5. The molecule has 0 radical (unpaired) electrons. The molecule has 0 spiro atoms. The molecule has 0 saturated carbocycles. The highest BCUT2D eigenvalue weighted by Crippen LogP contribution is 2.53. The molecule has 7 aromatic carbocycles. The largest absolute Gasteiger partial charge is 0.456 e. The van der Waals surface area contributed by atoms with Gasteiger partial charge in [-0.2, -0.15) is 0 Å². The number of para-hydroxylation sites is 1. The van der Waals surface area contributed by atoms with Crippen molar-refractivity contribution in [2.75, 3.05) is 0 Å². The lowest BCUT2D eigenvalue weighted by Gasteiger charge is -2.21. The highest BCUT2D eigenvalue weighted by Gasteiger charge is 2.38. The topological polar surface area (TPSA) is 51.8 Å². The average molecular weight is 668 g/mol. The maximum atomic E-state index is 6.53. The molecule has 4 heteroatoms. The molecule has 2 heterocycles. The third-order valence-corrected chi connectivity index (χ3v) is 10.5. The minimum absolute atomic E-state index is 0.186. The van der Waals surface area contributed by atoms with E-state index >= 15 is 0 Å². The Bertz CT molecular complexity index is 2760. The normalized spacial score (nSPS) is 13.0. The lowest BCUT2D eigenvalue weighted by molar-refractivity contribution is 0.620. The standard InChI is InChI=1S/C48H33N3O/c1-48(2)41-26-23-35(29-40(41)38-24-25-39-37-21-9-10-22-42(37)52-44(39)43(38)48)33-18-11-17-32(27-33)34-19-12-20-36(28-34)47-50-45(30-13-5-3-6-14-30)49-46(51-47)31-15-7-4-8-16-31/h3-29H,1-2H3. The molecule has 0 aliphatic heterocycles. The molecule has 0 bridgehead atoms. The van der Waals surface area contributed by atoms with Crippen LogP contribution >= 0.6 is 0 Å². The first-order valence-electron chi connectivity index (χ1n) is 17.7. The minimum Gasteiger partial charge on any atom is -0.456 e. The molecule has 1 aliphatic carbocycles. The summed E-state index contributed by atoms with van der Waals surface area (Å²) < 4.78 is 6.53. The molecule has 0 unspecified atom stereocenters. The van der Waals surface area contributed by atoms with Crippen LogP contribution in [0, 0.1) is 0 Å². The molecule has 52 heavy (non-hydrogen) atoms. The van der Waals surface area contributed by atoms with Gasteiger partial charge >= 0.3 is 0 Å². The molecule has 0 fully saturated rings. The second kappa shape index (κ2) is 11.7. The Morgan fingerprint density at radius 3 is 1.58 bits per heavy atom. The molecule has 1 aliphatic rings. The van der Waals surface area contributed by atoms with Gasteiger partial charge in [-0.3, -0.25) is 0 Å². The molecular formula is C48H33N3O. The summed E-state index contributed by atoms with van der Waals surface area (Å²) in [6.45, 7) is 4.63. The summed E-state index contributed by atoms with van der Waals surface area (Å²) in [7, 11) is 0. The number of hydrogen-bond acceptors (Lipinski definition) is 4. The van der Waals surface area contributed by atoms with Crippen LogP contribution in [-0.2, 0) is 5.41 Å². The predicted molar refractivity (Wildman–Crippen MR) is 212 cm³/mol. The van der Waals surface area contributed by atoms with E-state index in [1.165, 1.54) is 38.8 Å². The van der Waals surface area contributed by atoms with Gasteiger partial charge in [0, 0.05) is 38.4 Å². The highest BCUT2D eigenvalue weighted by atomic mass is 16.3. The second-order valence-electron chi connectivity index (χ2n) is 14.0. The van der Waals surface area contributed by atoms with Crippen molar-refractivity contribution in [1.82, 2.24) is 15.0 Å². The highest BCUT2D eigenvalue weighted by molar-refractivity contribution is 6.09. The Kier molecular flexibility index (Phi) is 6.80. The van der Waals surface area contributed by atoms with Crippen molar-refractivity contribution in [3.63, 3.8) is 0 Å². The van der Waals surface area contributed by atoms with Crippen molar-refractivity contribution in [3.8, 4) is 67.5 Å².